The molecule has 0 fully saturated rings. The van der Waals surface area contributed by atoms with Gasteiger partial charge in [0.1, 0.15) is 6.33 Å². The first kappa shape index (κ1) is 18.3. The number of halogens is 1. The molecule has 0 saturated heterocycles. The van der Waals surface area contributed by atoms with Crippen molar-refractivity contribution in [1.29, 1.82) is 0 Å². The number of nitrogens with zero attached hydrogens (tertiary/aromatic N) is 5. The number of aromatic nitrogens is 5. The fourth-order valence-electron chi connectivity index (χ4n) is 2.60. The van der Waals surface area contributed by atoms with E-state index in [0.717, 1.165) is 21.4 Å². The summed E-state index contributed by atoms with van der Waals surface area (Å²) in [5.41, 5.74) is 4.28. The number of rotatable bonds is 6. The summed E-state index contributed by atoms with van der Waals surface area (Å²) >= 11 is 3.49. The summed E-state index contributed by atoms with van der Waals surface area (Å²) in [6.07, 6.45) is 1.93. The molecule has 26 heavy (non-hydrogen) atoms. The SMILES string of the molecule is Cc1ccc(Cn2cnc(NC(=O)CCn3nc(C)c(Br)c3C)n2)cc1. The van der Waals surface area contributed by atoms with Crippen molar-refractivity contribution in [2.24, 2.45) is 0 Å². The molecule has 136 valence electrons. The molecule has 0 spiro atoms. The summed E-state index contributed by atoms with van der Waals surface area (Å²) in [6.45, 7) is 7.07. The van der Waals surface area contributed by atoms with Crippen LogP contribution < -0.4 is 5.32 Å². The van der Waals surface area contributed by atoms with Gasteiger partial charge >= 0.3 is 0 Å². The van der Waals surface area contributed by atoms with Crippen molar-refractivity contribution in [3.63, 3.8) is 0 Å². The summed E-state index contributed by atoms with van der Waals surface area (Å²) in [6, 6.07) is 8.24. The Bertz CT molecular complexity index is 912. The molecule has 8 heteroatoms. The fourth-order valence-corrected chi connectivity index (χ4v) is 2.88. The molecule has 1 N–H and O–H groups in total. The van der Waals surface area contributed by atoms with Crippen LogP contribution in [0.2, 0.25) is 0 Å². The Hall–Kier alpha value is -2.48. The highest BCUT2D eigenvalue weighted by atomic mass is 79.9. The molecule has 0 bridgehead atoms. The van der Waals surface area contributed by atoms with Gasteiger partial charge < -0.3 is 0 Å². The molecule has 1 aromatic carbocycles. The zero-order valence-corrected chi connectivity index (χ0v) is 16.6. The molecule has 3 aromatic rings. The Morgan fingerprint density at radius 1 is 1.15 bits per heavy atom. The van der Waals surface area contributed by atoms with E-state index in [2.05, 4.69) is 67.6 Å². The Morgan fingerprint density at radius 2 is 1.88 bits per heavy atom. The third-order valence-corrected chi connectivity index (χ3v) is 5.24. The molecule has 1 amide bonds. The first-order valence-corrected chi connectivity index (χ1v) is 9.16. The predicted molar refractivity (Wildman–Crippen MR) is 103 cm³/mol. The molecular formula is C18H21BrN6O. The Morgan fingerprint density at radius 3 is 2.54 bits per heavy atom. The van der Waals surface area contributed by atoms with Gasteiger partial charge in [0.25, 0.3) is 0 Å². The molecule has 7 nitrogen and oxygen atoms in total. The topological polar surface area (TPSA) is 77.6 Å². The first-order chi connectivity index (χ1) is 12.4. The van der Waals surface area contributed by atoms with Crippen molar-refractivity contribution in [3.05, 3.63) is 57.6 Å². The molecule has 3 rings (SSSR count). The second kappa shape index (κ2) is 7.82. The molecule has 2 aromatic heterocycles. The highest BCUT2D eigenvalue weighted by Crippen LogP contribution is 2.19. The van der Waals surface area contributed by atoms with Crippen LogP contribution in [0.15, 0.2) is 35.1 Å². The van der Waals surface area contributed by atoms with Gasteiger partial charge in [-0.2, -0.15) is 5.10 Å². The lowest BCUT2D eigenvalue weighted by atomic mass is 10.1. The lowest BCUT2D eigenvalue weighted by Gasteiger charge is -2.04. The highest BCUT2D eigenvalue weighted by molar-refractivity contribution is 9.10. The number of nitrogens with one attached hydrogen (secondary N) is 1. The normalized spacial score (nSPS) is 10.9. The summed E-state index contributed by atoms with van der Waals surface area (Å²) < 4.78 is 4.51. The Labute approximate surface area is 160 Å². The lowest BCUT2D eigenvalue weighted by molar-refractivity contribution is -0.116. The molecule has 0 aliphatic heterocycles. The third-order valence-electron chi connectivity index (χ3n) is 4.10. The number of hydrogen-bond donors (Lipinski definition) is 1. The van der Waals surface area contributed by atoms with Crippen molar-refractivity contribution in [1.82, 2.24) is 24.5 Å². The van der Waals surface area contributed by atoms with Gasteiger partial charge in [0.15, 0.2) is 0 Å². The smallest absolute Gasteiger partial charge is 0.248 e. The first-order valence-electron chi connectivity index (χ1n) is 8.36. The fraction of sp³-hybridized carbons (Fsp3) is 0.333. The van der Waals surface area contributed by atoms with Crippen LogP contribution in [-0.2, 0) is 17.9 Å². The van der Waals surface area contributed by atoms with E-state index in [4.69, 9.17) is 0 Å². The van der Waals surface area contributed by atoms with E-state index < -0.39 is 0 Å². The monoisotopic (exact) mass is 416 g/mol. The lowest BCUT2D eigenvalue weighted by Crippen LogP contribution is -2.16. The third kappa shape index (κ3) is 4.37. The maximum atomic E-state index is 12.1. The number of benzene rings is 1. The average molecular weight is 417 g/mol. The Balaban J connectivity index is 1.54. The minimum absolute atomic E-state index is 0.137. The number of hydrogen-bond acceptors (Lipinski definition) is 4. The van der Waals surface area contributed by atoms with Crippen molar-refractivity contribution >= 4 is 27.8 Å². The van der Waals surface area contributed by atoms with Gasteiger partial charge in [-0.1, -0.05) is 29.8 Å². The van der Waals surface area contributed by atoms with E-state index in [1.165, 1.54) is 5.56 Å². The molecule has 2 heterocycles. The zero-order chi connectivity index (χ0) is 18.7. The quantitative estimate of drug-likeness (QED) is 0.668. The maximum Gasteiger partial charge on any atom is 0.248 e. The van der Waals surface area contributed by atoms with Crippen LogP contribution in [-0.4, -0.2) is 30.5 Å². The van der Waals surface area contributed by atoms with Crippen molar-refractivity contribution in [2.45, 2.75) is 40.3 Å². The largest absolute Gasteiger partial charge is 0.293 e. The van der Waals surface area contributed by atoms with Gasteiger partial charge in [-0.3, -0.25) is 14.8 Å². The summed E-state index contributed by atoms with van der Waals surface area (Å²) in [4.78, 5) is 16.3. The van der Waals surface area contributed by atoms with Crippen molar-refractivity contribution in [3.8, 4) is 0 Å². The summed E-state index contributed by atoms with van der Waals surface area (Å²) in [7, 11) is 0. The minimum atomic E-state index is -0.137. The van der Waals surface area contributed by atoms with E-state index in [1.807, 2.05) is 18.5 Å². The van der Waals surface area contributed by atoms with E-state index in [9.17, 15) is 4.79 Å². The standard InChI is InChI=1S/C18H21BrN6O/c1-12-4-6-15(7-5-12)10-24-11-20-18(23-24)21-16(26)8-9-25-14(3)17(19)13(2)22-25/h4-7,11H,8-10H2,1-3H3,(H,21,23,26). The van der Waals surface area contributed by atoms with Crippen molar-refractivity contribution < 1.29 is 4.79 Å². The van der Waals surface area contributed by atoms with Gasteiger partial charge in [0, 0.05) is 12.1 Å². The van der Waals surface area contributed by atoms with Crippen LogP contribution >= 0.6 is 15.9 Å². The molecule has 0 radical (unpaired) electrons. The Kier molecular flexibility index (Phi) is 5.51. The summed E-state index contributed by atoms with van der Waals surface area (Å²) in [5, 5.41) is 11.4. The van der Waals surface area contributed by atoms with Crippen LogP contribution in [0.25, 0.3) is 0 Å². The second-order valence-corrected chi connectivity index (χ2v) is 7.05. The van der Waals surface area contributed by atoms with Crippen LogP contribution in [0.4, 0.5) is 5.95 Å². The molecule has 0 atom stereocenters. The molecule has 0 aliphatic carbocycles. The van der Waals surface area contributed by atoms with Crippen LogP contribution in [0, 0.1) is 20.8 Å². The van der Waals surface area contributed by atoms with Crippen LogP contribution in [0.1, 0.15) is 28.9 Å². The highest BCUT2D eigenvalue weighted by Gasteiger charge is 2.11. The van der Waals surface area contributed by atoms with E-state index in [1.54, 1.807) is 11.0 Å². The van der Waals surface area contributed by atoms with E-state index in [0.29, 0.717) is 25.5 Å². The molecule has 0 aliphatic rings. The minimum Gasteiger partial charge on any atom is -0.293 e. The van der Waals surface area contributed by atoms with E-state index >= 15 is 0 Å². The predicted octanol–water partition coefficient (Wildman–Crippen LogP) is 3.24. The number of aryl methyl sites for hydroxylation is 3. The van der Waals surface area contributed by atoms with Gasteiger partial charge in [0.05, 0.1) is 23.3 Å². The number of carbonyl (C=O) groups excluding carboxylic acids is 1. The number of carbonyl (C=O) groups is 1. The molecule has 0 unspecified atom stereocenters. The molecule has 0 saturated carbocycles. The van der Waals surface area contributed by atoms with Gasteiger partial charge in [-0.25, -0.2) is 9.67 Å². The zero-order valence-electron chi connectivity index (χ0n) is 15.0. The molecular weight excluding hydrogens is 396 g/mol. The average Bonchev–Trinajstić information content (AvgIpc) is 3.15. The van der Waals surface area contributed by atoms with Gasteiger partial charge in [0.2, 0.25) is 11.9 Å². The van der Waals surface area contributed by atoms with E-state index in [-0.39, 0.29) is 5.91 Å². The maximum absolute atomic E-state index is 12.1. The van der Waals surface area contributed by atoms with Crippen LogP contribution in [0.5, 0.6) is 0 Å². The van der Waals surface area contributed by atoms with Gasteiger partial charge in [-0.15, -0.1) is 5.10 Å². The summed E-state index contributed by atoms with van der Waals surface area (Å²) in [5.74, 6) is 0.179. The van der Waals surface area contributed by atoms with Crippen LogP contribution in [0.3, 0.4) is 0 Å². The number of anilines is 1. The second-order valence-electron chi connectivity index (χ2n) is 6.26. The number of amides is 1. The van der Waals surface area contributed by atoms with Gasteiger partial charge in [-0.05, 0) is 42.3 Å². The van der Waals surface area contributed by atoms with Crippen molar-refractivity contribution in [2.75, 3.05) is 5.32 Å².